The van der Waals surface area contributed by atoms with Gasteiger partial charge in [0.15, 0.2) is 0 Å². The monoisotopic (exact) mass is 217 g/mol. The normalized spacial score (nSPS) is 21.7. The molecule has 1 saturated heterocycles. The third-order valence-electron chi connectivity index (χ3n) is 3.57. The minimum atomic E-state index is 0.783. The van der Waals surface area contributed by atoms with E-state index in [1.165, 1.54) is 50.8 Å². The Hall–Kier alpha value is -0.820. The maximum atomic E-state index is 3.48. The standard InChI is InChI=1S/C15H23N/c1-2-4-13-6-8-15(9-7-13)14-5-3-11-16-12-10-14/h6-9,14,16H,2-5,10-12H2,1H3. The van der Waals surface area contributed by atoms with Gasteiger partial charge in [-0.3, -0.25) is 0 Å². The second-order valence-corrected chi connectivity index (χ2v) is 4.87. The van der Waals surface area contributed by atoms with Gasteiger partial charge in [0, 0.05) is 0 Å². The van der Waals surface area contributed by atoms with Gasteiger partial charge in [0.1, 0.15) is 0 Å². The van der Waals surface area contributed by atoms with E-state index in [1.54, 1.807) is 5.56 Å². The minimum Gasteiger partial charge on any atom is -0.317 e. The topological polar surface area (TPSA) is 12.0 Å². The van der Waals surface area contributed by atoms with Gasteiger partial charge in [-0.15, -0.1) is 0 Å². The van der Waals surface area contributed by atoms with Gasteiger partial charge in [0.05, 0.1) is 0 Å². The van der Waals surface area contributed by atoms with Crippen molar-refractivity contribution in [2.45, 2.75) is 44.9 Å². The van der Waals surface area contributed by atoms with Crippen molar-refractivity contribution in [3.63, 3.8) is 0 Å². The van der Waals surface area contributed by atoms with E-state index in [2.05, 4.69) is 36.5 Å². The Morgan fingerprint density at radius 3 is 2.69 bits per heavy atom. The van der Waals surface area contributed by atoms with Crippen LogP contribution < -0.4 is 5.32 Å². The molecule has 1 fully saturated rings. The SMILES string of the molecule is CCCc1ccc(C2CCCNCC2)cc1. The van der Waals surface area contributed by atoms with E-state index in [1.807, 2.05) is 0 Å². The Bertz CT molecular complexity index is 294. The van der Waals surface area contributed by atoms with E-state index in [4.69, 9.17) is 0 Å². The van der Waals surface area contributed by atoms with Crippen LogP contribution >= 0.6 is 0 Å². The molecule has 1 aliphatic heterocycles. The van der Waals surface area contributed by atoms with E-state index in [9.17, 15) is 0 Å². The molecule has 1 unspecified atom stereocenters. The lowest BCUT2D eigenvalue weighted by molar-refractivity contribution is 0.609. The molecule has 0 aromatic heterocycles. The Balaban J connectivity index is 2.01. The molecule has 1 nitrogen and oxygen atoms in total. The summed E-state index contributed by atoms with van der Waals surface area (Å²) in [5.41, 5.74) is 3.03. The Labute approximate surface area is 99.3 Å². The smallest absolute Gasteiger partial charge is 0.00431 e. The Kier molecular flexibility index (Phi) is 4.41. The molecular formula is C15H23N. The van der Waals surface area contributed by atoms with Crippen LogP contribution in [-0.4, -0.2) is 13.1 Å². The van der Waals surface area contributed by atoms with E-state index in [-0.39, 0.29) is 0 Å². The van der Waals surface area contributed by atoms with E-state index < -0.39 is 0 Å². The number of nitrogens with one attached hydrogen (secondary N) is 1. The van der Waals surface area contributed by atoms with Crippen LogP contribution in [-0.2, 0) is 6.42 Å². The molecule has 2 rings (SSSR count). The largest absolute Gasteiger partial charge is 0.317 e. The first-order valence-electron chi connectivity index (χ1n) is 6.69. The van der Waals surface area contributed by atoms with Crippen molar-refractivity contribution in [3.05, 3.63) is 35.4 Å². The quantitative estimate of drug-likeness (QED) is 0.817. The van der Waals surface area contributed by atoms with Crippen LogP contribution in [0.3, 0.4) is 0 Å². The lowest BCUT2D eigenvalue weighted by Crippen LogP contribution is -2.13. The van der Waals surface area contributed by atoms with Crippen LogP contribution in [0.15, 0.2) is 24.3 Å². The van der Waals surface area contributed by atoms with Crippen molar-refractivity contribution < 1.29 is 0 Å². The average molecular weight is 217 g/mol. The van der Waals surface area contributed by atoms with Crippen molar-refractivity contribution in [2.24, 2.45) is 0 Å². The van der Waals surface area contributed by atoms with E-state index >= 15 is 0 Å². The summed E-state index contributed by atoms with van der Waals surface area (Å²) < 4.78 is 0. The number of hydrogen-bond donors (Lipinski definition) is 1. The summed E-state index contributed by atoms with van der Waals surface area (Å²) >= 11 is 0. The molecule has 1 aliphatic rings. The third-order valence-corrected chi connectivity index (χ3v) is 3.57. The first-order valence-corrected chi connectivity index (χ1v) is 6.69. The Morgan fingerprint density at radius 1 is 1.12 bits per heavy atom. The molecule has 1 atom stereocenters. The van der Waals surface area contributed by atoms with Crippen molar-refractivity contribution in [1.29, 1.82) is 0 Å². The van der Waals surface area contributed by atoms with Gasteiger partial charge in [-0.25, -0.2) is 0 Å². The van der Waals surface area contributed by atoms with E-state index in [0.717, 1.165) is 5.92 Å². The van der Waals surface area contributed by atoms with Crippen molar-refractivity contribution in [3.8, 4) is 0 Å². The molecule has 1 aromatic carbocycles. The molecule has 0 amide bonds. The van der Waals surface area contributed by atoms with Crippen LogP contribution in [0, 0.1) is 0 Å². The summed E-state index contributed by atoms with van der Waals surface area (Å²) in [6.07, 6.45) is 6.42. The molecule has 1 N–H and O–H groups in total. The molecule has 0 bridgehead atoms. The molecule has 1 heteroatoms. The molecule has 0 radical (unpaired) electrons. The highest BCUT2D eigenvalue weighted by Gasteiger charge is 2.13. The zero-order valence-corrected chi connectivity index (χ0v) is 10.3. The molecule has 88 valence electrons. The van der Waals surface area contributed by atoms with Crippen molar-refractivity contribution in [1.82, 2.24) is 5.32 Å². The highest BCUT2D eigenvalue weighted by atomic mass is 14.8. The second kappa shape index (κ2) is 6.05. The summed E-state index contributed by atoms with van der Waals surface area (Å²) in [5, 5.41) is 3.48. The van der Waals surface area contributed by atoms with Gasteiger partial charge in [0.25, 0.3) is 0 Å². The zero-order valence-electron chi connectivity index (χ0n) is 10.3. The molecule has 0 spiro atoms. The van der Waals surface area contributed by atoms with Gasteiger partial charge in [-0.2, -0.15) is 0 Å². The zero-order chi connectivity index (χ0) is 11.2. The average Bonchev–Trinajstić information content (AvgIpc) is 2.59. The fraction of sp³-hybridized carbons (Fsp3) is 0.600. The number of benzene rings is 1. The molecule has 16 heavy (non-hydrogen) atoms. The lowest BCUT2D eigenvalue weighted by atomic mass is 9.91. The van der Waals surface area contributed by atoms with E-state index in [0.29, 0.717) is 0 Å². The minimum absolute atomic E-state index is 0.783. The molecule has 0 aliphatic carbocycles. The molecular weight excluding hydrogens is 194 g/mol. The number of hydrogen-bond acceptors (Lipinski definition) is 1. The summed E-state index contributed by atoms with van der Waals surface area (Å²) in [5.74, 6) is 0.783. The maximum absolute atomic E-state index is 3.48. The highest BCUT2D eigenvalue weighted by molar-refractivity contribution is 5.25. The van der Waals surface area contributed by atoms with Crippen LogP contribution in [0.5, 0.6) is 0 Å². The summed E-state index contributed by atoms with van der Waals surface area (Å²) in [4.78, 5) is 0. The third kappa shape index (κ3) is 3.08. The number of aryl methyl sites for hydroxylation is 1. The number of rotatable bonds is 3. The van der Waals surface area contributed by atoms with Crippen LogP contribution in [0.4, 0.5) is 0 Å². The summed E-state index contributed by atoms with van der Waals surface area (Å²) in [7, 11) is 0. The van der Waals surface area contributed by atoms with Gasteiger partial charge >= 0.3 is 0 Å². The first-order chi connectivity index (χ1) is 7.90. The second-order valence-electron chi connectivity index (χ2n) is 4.87. The molecule has 1 heterocycles. The van der Waals surface area contributed by atoms with Gasteiger partial charge in [-0.05, 0) is 55.8 Å². The maximum Gasteiger partial charge on any atom is -0.00431 e. The van der Waals surface area contributed by atoms with Gasteiger partial charge in [-0.1, -0.05) is 37.6 Å². The van der Waals surface area contributed by atoms with Crippen LogP contribution in [0.25, 0.3) is 0 Å². The van der Waals surface area contributed by atoms with Gasteiger partial charge < -0.3 is 5.32 Å². The highest BCUT2D eigenvalue weighted by Crippen LogP contribution is 2.26. The van der Waals surface area contributed by atoms with Crippen molar-refractivity contribution >= 4 is 0 Å². The van der Waals surface area contributed by atoms with Crippen LogP contribution in [0.2, 0.25) is 0 Å². The molecule has 1 aromatic rings. The fourth-order valence-corrected chi connectivity index (χ4v) is 2.60. The fourth-order valence-electron chi connectivity index (χ4n) is 2.60. The lowest BCUT2D eigenvalue weighted by Gasteiger charge is -2.14. The van der Waals surface area contributed by atoms with Crippen LogP contribution in [0.1, 0.15) is 49.7 Å². The van der Waals surface area contributed by atoms with Gasteiger partial charge in [0.2, 0.25) is 0 Å². The summed E-state index contributed by atoms with van der Waals surface area (Å²) in [6, 6.07) is 9.33. The molecule has 0 saturated carbocycles. The van der Waals surface area contributed by atoms with Crippen molar-refractivity contribution in [2.75, 3.05) is 13.1 Å². The predicted molar refractivity (Wildman–Crippen MR) is 69.9 cm³/mol. The summed E-state index contributed by atoms with van der Waals surface area (Å²) in [6.45, 7) is 4.62. The first kappa shape index (κ1) is 11.7. The Morgan fingerprint density at radius 2 is 1.94 bits per heavy atom. The predicted octanol–water partition coefficient (Wildman–Crippen LogP) is 3.50.